The summed E-state index contributed by atoms with van der Waals surface area (Å²) in [6.07, 6.45) is 5.25. The van der Waals surface area contributed by atoms with E-state index in [-0.39, 0.29) is 12.3 Å². The molecule has 3 rings (SSSR count). The molecule has 0 aliphatic heterocycles. The van der Waals surface area contributed by atoms with Gasteiger partial charge in [0.2, 0.25) is 10.0 Å². The first-order chi connectivity index (χ1) is 12.1. The van der Waals surface area contributed by atoms with Crippen LogP contribution in [0.1, 0.15) is 5.56 Å². The van der Waals surface area contributed by atoms with Gasteiger partial charge in [-0.1, -0.05) is 30.3 Å². The van der Waals surface area contributed by atoms with E-state index in [2.05, 4.69) is 20.0 Å². The molecule has 2 N–H and O–H groups in total. The average molecular weight is 357 g/mol. The Morgan fingerprint density at radius 1 is 0.960 bits per heavy atom. The molecule has 0 unspecified atom stereocenters. The molecule has 0 aliphatic carbocycles. The Bertz CT molecular complexity index is 896. The molecule has 0 fully saturated rings. The summed E-state index contributed by atoms with van der Waals surface area (Å²) in [5.41, 5.74) is 0.759. The van der Waals surface area contributed by atoms with Crippen LogP contribution in [0.25, 0.3) is 5.82 Å². The number of sulfonamides is 1. The van der Waals surface area contributed by atoms with Gasteiger partial charge in [-0.25, -0.2) is 23.1 Å². The van der Waals surface area contributed by atoms with Crippen LogP contribution in [0.5, 0.6) is 0 Å². The molecule has 0 bridgehead atoms. The molecule has 2 aromatic heterocycles. The maximum atomic E-state index is 12.1. The smallest absolute Gasteiger partial charge is 0.215 e. The van der Waals surface area contributed by atoms with E-state index < -0.39 is 10.0 Å². The van der Waals surface area contributed by atoms with Crippen molar-refractivity contribution < 1.29 is 8.42 Å². The Morgan fingerprint density at radius 2 is 1.72 bits per heavy atom. The highest BCUT2D eigenvalue weighted by Gasteiger charge is 2.10. The molecule has 0 radical (unpaired) electrons. The lowest BCUT2D eigenvalue weighted by Gasteiger charge is -2.09. The third-order valence-corrected chi connectivity index (χ3v) is 4.83. The zero-order valence-corrected chi connectivity index (χ0v) is 14.4. The van der Waals surface area contributed by atoms with Gasteiger partial charge in [0, 0.05) is 31.5 Å². The van der Waals surface area contributed by atoms with Gasteiger partial charge in [0.05, 0.1) is 5.75 Å². The van der Waals surface area contributed by atoms with E-state index in [4.69, 9.17) is 0 Å². The molecule has 0 aliphatic rings. The van der Waals surface area contributed by atoms with E-state index in [0.29, 0.717) is 12.4 Å². The van der Waals surface area contributed by atoms with E-state index in [9.17, 15) is 8.42 Å². The first-order valence-electron chi connectivity index (χ1n) is 7.83. The fraction of sp³-hybridized carbons (Fsp3) is 0.176. The summed E-state index contributed by atoms with van der Waals surface area (Å²) in [4.78, 5) is 8.33. The predicted octanol–water partition coefficient (Wildman–Crippen LogP) is 1.80. The Balaban J connectivity index is 1.49. The van der Waals surface area contributed by atoms with Crippen LogP contribution in [0.3, 0.4) is 0 Å². The number of hydrogen-bond acceptors (Lipinski definition) is 5. The Labute approximate surface area is 146 Å². The van der Waals surface area contributed by atoms with Gasteiger partial charge >= 0.3 is 0 Å². The minimum atomic E-state index is -3.36. The summed E-state index contributed by atoms with van der Waals surface area (Å²) >= 11 is 0. The molecule has 0 amide bonds. The Morgan fingerprint density at radius 3 is 2.48 bits per heavy atom. The summed E-state index contributed by atoms with van der Waals surface area (Å²) < 4.78 is 28.6. The maximum absolute atomic E-state index is 12.1. The van der Waals surface area contributed by atoms with Gasteiger partial charge in [0.25, 0.3) is 0 Å². The summed E-state index contributed by atoms with van der Waals surface area (Å²) in [5.74, 6) is 1.35. The molecule has 0 saturated heterocycles. The highest BCUT2D eigenvalue weighted by Crippen LogP contribution is 2.09. The van der Waals surface area contributed by atoms with Crippen LogP contribution in [0.2, 0.25) is 0 Å². The highest BCUT2D eigenvalue weighted by atomic mass is 32.2. The van der Waals surface area contributed by atoms with Crippen LogP contribution >= 0.6 is 0 Å². The zero-order chi connectivity index (χ0) is 17.5. The van der Waals surface area contributed by atoms with Crippen LogP contribution < -0.4 is 10.0 Å². The topological polar surface area (TPSA) is 88.9 Å². The minimum absolute atomic E-state index is 0.0286. The summed E-state index contributed by atoms with van der Waals surface area (Å²) in [7, 11) is -3.36. The standard InChI is InChI=1S/C17H19N5O2S/c23-25(24,13-15-6-2-1-3-7-15)21-9-8-18-16-12-17(20-14-19-16)22-10-4-5-11-22/h1-7,10-12,14,21H,8-9,13H2,(H,18,19,20). The van der Waals surface area contributed by atoms with Crippen LogP contribution in [-0.4, -0.2) is 36.0 Å². The maximum Gasteiger partial charge on any atom is 0.215 e. The zero-order valence-electron chi connectivity index (χ0n) is 13.5. The molecule has 0 spiro atoms. The van der Waals surface area contributed by atoms with Gasteiger partial charge in [-0.3, -0.25) is 0 Å². The summed E-state index contributed by atoms with van der Waals surface area (Å²) in [5, 5.41) is 3.09. The third kappa shape index (κ3) is 5.13. The van der Waals surface area contributed by atoms with Gasteiger partial charge < -0.3 is 9.88 Å². The molecule has 0 atom stereocenters. The van der Waals surface area contributed by atoms with Crippen LogP contribution in [0.4, 0.5) is 5.82 Å². The molecule has 3 aromatic rings. The SMILES string of the molecule is O=S(=O)(Cc1ccccc1)NCCNc1cc(-n2cccc2)ncn1. The number of anilines is 1. The second-order valence-electron chi connectivity index (χ2n) is 5.42. The average Bonchev–Trinajstić information content (AvgIpc) is 3.14. The minimum Gasteiger partial charge on any atom is -0.369 e. The molecule has 2 heterocycles. The van der Waals surface area contributed by atoms with Crippen molar-refractivity contribution in [3.63, 3.8) is 0 Å². The van der Waals surface area contributed by atoms with Gasteiger partial charge in [0.1, 0.15) is 18.0 Å². The number of nitrogens with one attached hydrogen (secondary N) is 2. The number of nitrogens with zero attached hydrogens (tertiary/aromatic N) is 3. The quantitative estimate of drug-likeness (QED) is 0.600. The van der Waals surface area contributed by atoms with Gasteiger partial charge in [-0.2, -0.15) is 0 Å². The molecule has 25 heavy (non-hydrogen) atoms. The normalized spacial score (nSPS) is 11.4. The van der Waals surface area contributed by atoms with E-state index in [1.807, 2.05) is 47.3 Å². The second-order valence-corrected chi connectivity index (χ2v) is 7.22. The number of benzene rings is 1. The number of rotatable bonds is 8. The van der Waals surface area contributed by atoms with Crippen LogP contribution in [0.15, 0.2) is 67.3 Å². The van der Waals surface area contributed by atoms with Crippen molar-refractivity contribution in [2.45, 2.75) is 5.75 Å². The fourth-order valence-electron chi connectivity index (χ4n) is 2.31. The lowest BCUT2D eigenvalue weighted by molar-refractivity contribution is 0.582. The number of aromatic nitrogens is 3. The van der Waals surface area contributed by atoms with E-state index in [1.54, 1.807) is 18.2 Å². The summed E-state index contributed by atoms with van der Waals surface area (Å²) in [6.45, 7) is 0.703. The van der Waals surface area contributed by atoms with E-state index in [0.717, 1.165) is 11.4 Å². The van der Waals surface area contributed by atoms with Crippen molar-refractivity contribution >= 4 is 15.8 Å². The lowest BCUT2D eigenvalue weighted by atomic mass is 10.2. The van der Waals surface area contributed by atoms with Crippen LogP contribution in [-0.2, 0) is 15.8 Å². The third-order valence-electron chi connectivity index (χ3n) is 3.47. The molecule has 130 valence electrons. The number of hydrogen-bond donors (Lipinski definition) is 2. The molecule has 8 heteroatoms. The molecule has 1 aromatic carbocycles. The van der Waals surface area contributed by atoms with Crippen molar-refractivity contribution in [2.24, 2.45) is 0 Å². The lowest BCUT2D eigenvalue weighted by Crippen LogP contribution is -2.30. The van der Waals surface area contributed by atoms with Gasteiger partial charge in [-0.05, 0) is 17.7 Å². The van der Waals surface area contributed by atoms with Crippen molar-refractivity contribution in [1.29, 1.82) is 0 Å². The highest BCUT2D eigenvalue weighted by molar-refractivity contribution is 7.88. The molecule has 7 nitrogen and oxygen atoms in total. The Kier molecular flexibility index (Phi) is 5.42. The largest absolute Gasteiger partial charge is 0.369 e. The van der Waals surface area contributed by atoms with Crippen molar-refractivity contribution in [1.82, 2.24) is 19.3 Å². The first-order valence-corrected chi connectivity index (χ1v) is 9.48. The summed E-state index contributed by atoms with van der Waals surface area (Å²) in [6, 6.07) is 14.7. The molecule has 0 saturated carbocycles. The first kappa shape index (κ1) is 17.1. The van der Waals surface area contributed by atoms with E-state index in [1.165, 1.54) is 6.33 Å². The van der Waals surface area contributed by atoms with Gasteiger partial charge in [0.15, 0.2) is 0 Å². The van der Waals surface area contributed by atoms with Crippen molar-refractivity contribution in [2.75, 3.05) is 18.4 Å². The van der Waals surface area contributed by atoms with E-state index >= 15 is 0 Å². The van der Waals surface area contributed by atoms with Crippen molar-refractivity contribution in [3.8, 4) is 5.82 Å². The molecular weight excluding hydrogens is 338 g/mol. The second kappa shape index (κ2) is 7.91. The molecular formula is C17H19N5O2S. The fourth-order valence-corrected chi connectivity index (χ4v) is 3.46. The Hall–Kier alpha value is -2.71. The van der Waals surface area contributed by atoms with Crippen LogP contribution in [0, 0.1) is 0 Å². The monoisotopic (exact) mass is 357 g/mol. The van der Waals surface area contributed by atoms with Crippen molar-refractivity contribution in [3.05, 3.63) is 72.8 Å². The predicted molar refractivity (Wildman–Crippen MR) is 96.9 cm³/mol. The van der Waals surface area contributed by atoms with Gasteiger partial charge in [-0.15, -0.1) is 0 Å².